The molecule has 3 heterocycles. The Morgan fingerprint density at radius 1 is 1.27 bits per heavy atom. The molecule has 0 unspecified atom stereocenters. The normalized spacial score (nSPS) is 14.2. The summed E-state index contributed by atoms with van der Waals surface area (Å²) in [6.45, 7) is 2.53. The van der Waals surface area contributed by atoms with E-state index in [2.05, 4.69) is 26.9 Å². The zero-order chi connectivity index (χ0) is 18.1. The topological polar surface area (TPSA) is 36.4 Å². The number of carbonyl (C=O) groups is 1. The fourth-order valence-electron chi connectivity index (χ4n) is 3.38. The van der Waals surface area contributed by atoms with Crippen LogP contribution in [-0.4, -0.2) is 35.9 Å². The van der Waals surface area contributed by atoms with Gasteiger partial charge in [-0.15, -0.1) is 11.3 Å². The number of amides is 1. The van der Waals surface area contributed by atoms with Gasteiger partial charge >= 0.3 is 0 Å². The monoisotopic (exact) mass is 429 g/mol. The number of pyridine rings is 1. The third-order valence-corrected chi connectivity index (χ3v) is 6.38. The number of nitrogens with zero attached hydrogens (tertiary/aromatic N) is 3. The minimum Gasteiger partial charge on any atom is -0.356 e. The molecule has 2 aromatic heterocycles. The Bertz CT molecular complexity index is 949. The highest BCUT2D eigenvalue weighted by atomic mass is 79.9. The molecule has 1 fully saturated rings. The van der Waals surface area contributed by atoms with Crippen molar-refractivity contribution in [3.8, 4) is 0 Å². The lowest BCUT2D eigenvalue weighted by atomic mass is 10.1. The summed E-state index contributed by atoms with van der Waals surface area (Å²) in [5.41, 5.74) is 1.64. The number of aromatic nitrogens is 1. The van der Waals surface area contributed by atoms with Crippen molar-refractivity contribution in [3.05, 3.63) is 56.7 Å². The van der Waals surface area contributed by atoms with Gasteiger partial charge in [0.05, 0.1) is 17.6 Å². The number of thiophene rings is 1. The first-order chi connectivity index (χ1) is 12.6. The number of anilines is 1. The highest BCUT2D eigenvalue weighted by molar-refractivity contribution is 9.10. The molecule has 0 saturated carbocycles. The first-order valence-electron chi connectivity index (χ1n) is 8.75. The quantitative estimate of drug-likeness (QED) is 0.589. The Morgan fingerprint density at radius 2 is 2.04 bits per heavy atom. The van der Waals surface area contributed by atoms with E-state index in [-0.39, 0.29) is 5.91 Å². The molecular formula is C20H20BrN3OS. The van der Waals surface area contributed by atoms with Gasteiger partial charge in [-0.3, -0.25) is 4.79 Å². The number of para-hydroxylation sites is 1. The fraction of sp³-hybridized carbons (Fsp3) is 0.300. The lowest BCUT2D eigenvalue weighted by Crippen LogP contribution is -2.29. The number of rotatable bonds is 4. The van der Waals surface area contributed by atoms with Gasteiger partial charge in [-0.25, -0.2) is 4.98 Å². The van der Waals surface area contributed by atoms with Gasteiger partial charge in [0.25, 0.3) is 5.91 Å². The van der Waals surface area contributed by atoms with Crippen molar-refractivity contribution in [1.82, 2.24) is 9.88 Å². The maximum absolute atomic E-state index is 13.2. The van der Waals surface area contributed by atoms with Crippen molar-refractivity contribution in [2.24, 2.45) is 0 Å². The number of fused-ring (bicyclic) bond motifs is 1. The Morgan fingerprint density at radius 3 is 2.77 bits per heavy atom. The van der Waals surface area contributed by atoms with E-state index in [9.17, 15) is 4.79 Å². The predicted octanol–water partition coefficient (Wildman–Crippen LogP) is 4.93. The molecule has 4 nitrogen and oxygen atoms in total. The van der Waals surface area contributed by atoms with Gasteiger partial charge in [0, 0.05) is 40.3 Å². The van der Waals surface area contributed by atoms with Gasteiger partial charge < -0.3 is 9.80 Å². The Labute approximate surface area is 165 Å². The summed E-state index contributed by atoms with van der Waals surface area (Å²) >= 11 is 5.13. The molecule has 26 heavy (non-hydrogen) atoms. The summed E-state index contributed by atoms with van der Waals surface area (Å²) < 4.78 is 1.06. The molecule has 4 rings (SSSR count). The van der Waals surface area contributed by atoms with E-state index < -0.39 is 0 Å². The SMILES string of the molecule is CN(Cc1cc(Br)cs1)C(=O)c1cc2ccccc2nc1N1CCCC1. The minimum atomic E-state index is 0.0228. The molecule has 0 spiro atoms. The van der Waals surface area contributed by atoms with Gasteiger partial charge in [0.2, 0.25) is 0 Å². The molecule has 1 saturated heterocycles. The van der Waals surface area contributed by atoms with Crippen LogP contribution in [-0.2, 0) is 6.54 Å². The number of halogens is 1. The first kappa shape index (κ1) is 17.5. The van der Waals surface area contributed by atoms with Gasteiger partial charge in [0.15, 0.2) is 0 Å². The maximum atomic E-state index is 13.2. The summed E-state index contributed by atoms with van der Waals surface area (Å²) in [7, 11) is 1.86. The van der Waals surface area contributed by atoms with Crippen molar-refractivity contribution in [1.29, 1.82) is 0 Å². The molecule has 1 aliphatic heterocycles. The van der Waals surface area contributed by atoms with Crippen LogP contribution in [0.1, 0.15) is 28.1 Å². The number of hydrogen-bond acceptors (Lipinski definition) is 4. The van der Waals surface area contributed by atoms with Crippen LogP contribution >= 0.6 is 27.3 Å². The van der Waals surface area contributed by atoms with Crippen LogP contribution in [0, 0.1) is 0 Å². The largest absolute Gasteiger partial charge is 0.356 e. The molecule has 1 amide bonds. The van der Waals surface area contributed by atoms with Crippen LogP contribution in [0.5, 0.6) is 0 Å². The predicted molar refractivity (Wildman–Crippen MR) is 111 cm³/mol. The summed E-state index contributed by atoms with van der Waals surface area (Å²) in [6.07, 6.45) is 2.31. The summed E-state index contributed by atoms with van der Waals surface area (Å²) in [4.78, 5) is 23.3. The summed E-state index contributed by atoms with van der Waals surface area (Å²) in [5, 5.41) is 3.05. The van der Waals surface area contributed by atoms with Gasteiger partial charge in [-0.05, 0) is 47.0 Å². The molecular weight excluding hydrogens is 410 g/mol. The van der Waals surface area contributed by atoms with Crippen LogP contribution in [0.3, 0.4) is 0 Å². The maximum Gasteiger partial charge on any atom is 0.257 e. The van der Waals surface area contributed by atoms with E-state index in [4.69, 9.17) is 4.98 Å². The van der Waals surface area contributed by atoms with Crippen LogP contribution in [0.15, 0.2) is 46.3 Å². The van der Waals surface area contributed by atoms with Gasteiger partial charge in [-0.1, -0.05) is 18.2 Å². The van der Waals surface area contributed by atoms with E-state index in [0.29, 0.717) is 12.1 Å². The molecule has 134 valence electrons. The van der Waals surface area contributed by atoms with Gasteiger partial charge in [-0.2, -0.15) is 0 Å². The second kappa shape index (κ2) is 7.37. The average molecular weight is 430 g/mol. The zero-order valence-corrected chi connectivity index (χ0v) is 17.0. The molecule has 0 N–H and O–H groups in total. The van der Waals surface area contributed by atoms with Crippen LogP contribution in [0.4, 0.5) is 5.82 Å². The highest BCUT2D eigenvalue weighted by Gasteiger charge is 2.24. The molecule has 0 aliphatic carbocycles. The minimum absolute atomic E-state index is 0.0228. The van der Waals surface area contributed by atoms with Gasteiger partial charge in [0.1, 0.15) is 5.82 Å². The molecule has 0 bridgehead atoms. The third-order valence-electron chi connectivity index (χ3n) is 4.70. The first-order valence-corrected chi connectivity index (χ1v) is 10.4. The van der Waals surface area contributed by atoms with E-state index >= 15 is 0 Å². The van der Waals surface area contributed by atoms with Crippen LogP contribution in [0.25, 0.3) is 10.9 Å². The van der Waals surface area contributed by atoms with Crippen molar-refractivity contribution >= 4 is 49.9 Å². The smallest absolute Gasteiger partial charge is 0.257 e. The Balaban J connectivity index is 1.70. The molecule has 3 aromatic rings. The average Bonchev–Trinajstić information content (AvgIpc) is 3.32. The molecule has 6 heteroatoms. The number of hydrogen-bond donors (Lipinski definition) is 0. The van der Waals surface area contributed by atoms with E-state index in [0.717, 1.165) is 52.0 Å². The molecule has 1 aromatic carbocycles. The lowest BCUT2D eigenvalue weighted by Gasteiger charge is -2.23. The van der Waals surface area contributed by atoms with E-state index in [1.807, 2.05) is 42.8 Å². The van der Waals surface area contributed by atoms with Crippen LogP contribution < -0.4 is 4.90 Å². The standard InChI is InChI=1S/C20H20BrN3OS/c1-23(12-16-11-15(21)13-26-16)20(25)17-10-14-6-2-3-7-18(14)22-19(17)24-8-4-5-9-24/h2-3,6-7,10-11,13H,4-5,8-9,12H2,1H3. The van der Waals surface area contributed by atoms with E-state index in [1.165, 1.54) is 0 Å². The fourth-order valence-corrected chi connectivity index (χ4v) is 4.88. The van der Waals surface area contributed by atoms with Crippen molar-refractivity contribution < 1.29 is 4.79 Å². The number of benzene rings is 1. The summed E-state index contributed by atoms with van der Waals surface area (Å²) in [6, 6.07) is 12.1. The van der Waals surface area contributed by atoms with Crippen molar-refractivity contribution in [3.63, 3.8) is 0 Å². The van der Waals surface area contributed by atoms with Crippen molar-refractivity contribution in [2.45, 2.75) is 19.4 Å². The third kappa shape index (κ3) is 3.48. The summed E-state index contributed by atoms with van der Waals surface area (Å²) in [5.74, 6) is 0.847. The second-order valence-corrected chi connectivity index (χ2v) is 8.55. The Kier molecular flexibility index (Phi) is 4.96. The molecule has 0 atom stereocenters. The Hall–Kier alpha value is -1.92. The molecule has 1 aliphatic rings. The van der Waals surface area contributed by atoms with E-state index in [1.54, 1.807) is 16.2 Å². The highest BCUT2D eigenvalue weighted by Crippen LogP contribution is 2.28. The second-order valence-electron chi connectivity index (χ2n) is 6.64. The zero-order valence-electron chi connectivity index (χ0n) is 14.6. The molecule has 0 radical (unpaired) electrons. The lowest BCUT2D eigenvalue weighted by molar-refractivity contribution is 0.0787. The van der Waals surface area contributed by atoms with Crippen molar-refractivity contribution in [2.75, 3.05) is 25.0 Å². The number of carbonyl (C=O) groups excluding carboxylic acids is 1. The van der Waals surface area contributed by atoms with Crippen LogP contribution in [0.2, 0.25) is 0 Å².